The SMILES string of the molecule is Cc1ccc(C(C)(O)c2cc(F)ccc2F)cc1. The predicted octanol–water partition coefficient (Wildman–Crippen LogP) is 3.53. The fraction of sp³-hybridized carbons (Fsp3) is 0.200. The monoisotopic (exact) mass is 248 g/mol. The first-order valence-electron chi connectivity index (χ1n) is 5.66. The normalized spacial score (nSPS) is 14.3. The Morgan fingerprint density at radius 2 is 1.61 bits per heavy atom. The molecule has 0 spiro atoms. The molecule has 0 heterocycles. The third-order valence-corrected chi connectivity index (χ3v) is 3.07. The number of hydrogen-bond donors (Lipinski definition) is 1. The average Bonchev–Trinajstić information content (AvgIpc) is 2.32. The van der Waals surface area contributed by atoms with Crippen molar-refractivity contribution in [2.45, 2.75) is 19.4 Å². The lowest BCUT2D eigenvalue weighted by atomic mass is 9.87. The molecule has 2 aromatic carbocycles. The highest BCUT2D eigenvalue weighted by molar-refractivity contribution is 5.37. The maximum atomic E-state index is 13.7. The van der Waals surface area contributed by atoms with Crippen molar-refractivity contribution in [2.24, 2.45) is 0 Å². The van der Waals surface area contributed by atoms with Crippen LogP contribution in [-0.2, 0) is 5.60 Å². The molecule has 0 saturated carbocycles. The molecule has 18 heavy (non-hydrogen) atoms. The largest absolute Gasteiger partial charge is 0.381 e. The van der Waals surface area contributed by atoms with E-state index in [9.17, 15) is 13.9 Å². The van der Waals surface area contributed by atoms with E-state index in [2.05, 4.69) is 0 Å². The van der Waals surface area contributed by atoms with Gasteiger partial charge < -0.3 is 5.11 Å². The van der Waals surface area contributed by atoms with E-state index in [-0.39, 0.29) is 5.56 Å². The summed E-state index contributed by atoms with van der Waals surface area (Å²) in [5.41, 5.74) is -0.0573. The van der Waals surface area contributed by atoms with Crippen LogP contribution >= 0.6 is 0 Å². The molecule has 0 radical (unpaired) electrons. The van der Waals surface area contributed by atoms with Crippen LogP contribution < -0.4 is 0 Å². The number of halogens is 2. The van der Waals surface area contributed by atoms with Gasteiger partial charge in [-0.3, -0.25) is 0 Å². The van der Waals surface area contributed by atoms with E-state index >= 15 is 0 Å². The van der Waals surface area contributed by atoms with Crippen molar-refractivity contribution >= 4 is 0 Å². The highest BCUT2D eigenvalue weighted by Gasteiger charge is 2.29. The molecule has 0 bridgehead atoms. The Kier molecular flexibility index (Phi) is 3.18. The molecule has 0 aliphatic heterocycles. The zero-order valence-corrected chi connectivity index (χ0v) is 10.2. The van der Waals surface area contributed by atoms with Crippen LogP contribution in [0.15, 0.2) is 42.5 Å². The predicted molar refractivity (Wildman–Crippen MR) is 66.2 cm³/mol. The molecular formula is C15H14F2O. The Labute approximate surface area is 105 Å². The maximum absolute atomic E-state index is 13.7. The van der Waals surface area contributed by atoms with E-state index in [0.29, 0.717) is 5.56 Å². The minimum atomic E-state index is -1.56. The molecule has 94 valence electrons. The van der Waals surface area contributed by atoms with Gasteiger partial charge in [-0.25, -0.2) is 8.78 Å². The number of benzene rings is 2. The van der Waals surface area contributed by atoms with Crippen LogP contribution in [0.25, 0.3) is 0 Å². The second kappa shape index (κ2) is 4.50. The lowest BCUT2D eigenvalue weighted by Gasteiger charge is -2.25. The standard InChI is InChI=1S/C15H14F2O/c1-10-3-5-11(6-4-10)15(2,18)13-9-12(16)7-8-14(13)17/h3-9,18H,1-2H3. The fourth-order valence-corrected chi connectivity index (χ4v) is 1.90. The van der Waals surface area contributed by atoms with Gasteiger partial charge in [0.15, 0.2) is 0 Å². The van der Waals surface area contributed by atoms with Crippen LogP contribution in [0.3, 0.4) is 0 Å². The minimum absolute atomic E-state index is 0.0636. The molecule has 0 fully saturated rings. The summed E-state index contributed by atoms with van der Waals surface area (Å²) in [6.45, 7) is 3.37. The summed E-state index contributed by atoms with van der Waals surface area (Å²) in [7, 11) is 0. The second-order valence-corrected chi connectivity index (χ2v) is 4.56. The molecule has 0 aliphatic rings. The minimum Gasteiger partial charge on any atom is -0.381 e. The third kappa shape index (κ3) is 2.27. The lowest BCUT2D eigenvalue weighted by Crippen LogP contribution is -2.24. The average molecular weight is 248 g/mol. The van der Waals surface area contributed by atoms with Crippen LogP contribution in [0.4, 0.5) is 8.78 Å². The number of aryl methyl sites for hydroxylation is 1. The van der Waals surface area contributed by atoms with Gasteiger partial charge in [0.25, 0.3) is 0 Å². The molecule has 3 heteroatoms. The van der Waals surface area contributed by atoms with Crippen molar-refractivity contribution in [1.82, 2.24) is 0 Å². The van der Waals surface area contributed by atoms with Crippen molar-refractivity contribution in [3.8, 4) is 0 Å². The van der Waals surface area contributed by atoms with Gasteiger partial charge in [0, 0.05) is 5.56 Å². The van der Waals surface area contributed by atoms with Gasteiger partial charge in [-0.1, -0.05) is 29.8 Å². The van der Waals surface area contributed by atoms with Crippen LogP contribution in [0.5, 0.6) is 0 Å². The van der Waals surface area contributed by atoms with Crippen LogP contribution in [0, 0.1) is 18.6 Å². The molecule has 0 saturated heterocycles. The Bertz CT molecular complexity index is 559. The lowest BCUT2D eigenvalue weighted by molar-refractivity contribution is 0.0975. The fourth-order valence-electron chi connectivity index (χ4n) is 1.90. The van der Waals surface area contributed by atoms with Gasteiger partial charge in [0.2, 0.25) is 0 Å². The first-order valence-corrected chi connectivity index (χ1v) is 5.66. The number of aliphatic hydroxyl groups is 1. The van der Waals surface area contributed by atoms with Crippen molar-refractivity contribution in [1.29, 1.82) is 0 Å². The Morgan fingerprint density at radius 3 is 2.22 bits per heavy atom. The van der Waals surface area contributed by atoms with Gasteiger partial charge in [0.05, 0.1) is 0 Å². The summed E-state index contributed by atoms with van der Waals surface area (Å²) in [5, 5.41) is 10.4. The van der Waals surface area contributed by atoms with Gasteiger partial charge in [-0.05, 0) is 37.6 Å². The topological polar surface area (TPSA) is 20.2 Å². The zero-order valence-electron chi connectivity index (χ0n) is 10.2. The smallest absolute Gasteiger partial charge is 0.129 e. The second-order valence-electron chi connectivity index (χ2n) is 4.56. The first kappa shape index (κ1) is 12.7. The van der Waals surface area contributed by atoms with Crippen LogP contribution in [-0.4, -0.2) is 5.11 Å². The summed E-state index contributed by atoms with van der Waals surface area (Å²) in [6.07, 6.45) is 0. The quantitative estimate of drug-likeness (QED) is 0.862. The molecule has 1 nitrogen and oxygen atoms in total. The first-order chi connectivity index (χ1) is 8.41. The summed E-state index contributed by atoms with van der Waals surface area (Å²) in [6, 6.07) is 10.1. The molecule has 1 N–H and O–H groups in total. The number of hydrogen-bond acceptors (Lipinski definition) is 1. The van der Waals surface area contributed by atoms with Crippen molar-refractivity contribution < 1.29 is 13.9 Å². The molecule has 2 aromatic rings. The Morgan fingerprint density at radius 1 is 1.00 bits per heavy atom. The third-order valence-electron chi connectivity index (χ3n) is 3.07. The zero-order chi connectivity index (χ0) is 13.3. The van der Waals surface area contributed by atoms with Crippen LogP contribution in [0.2, 0.25) is 0 Å². The summed E-state index contributed by atoms with van der Waals surface area (Å²) in [5.74, 6) is -1.19. The molecule has 0 aliphatic carbocycles. The maximum Gasteiger partial charge on any atom is 0.129 e. The Hall–Kier alpha value is -1.74. The van der Waals surface area contributed by atoms with Gasteiger partial charge >= 0.3 is 0 Å². The van der Waals surface area contributed by atoms with Crippen molar-refractivity contribution in [3.63, 3.8) is 0 Å². The van der Waals surface area contributed by atoms with E-state index in [4.69, 9.17) is 0 Å². The van der Waals surface area contributed by atoms with E-state index < -0.39 is 17.2 Å². The Balaban J connectivity index is 2.53. The summed E-state index contributed by atoms with van der Waals surface area (Å²) < 4.78 is 26.9. The van der Waals surface area contributed by atoms with E-state index in [1.54, 1.807) is 12.1 Å². The van der Waals surface area contributed by atoms with Crippen molar-refractivity contribution in [3.05, 3.63) is 70.8 Å². The van der Waals surface area contributed by atoms with Gasteiger partial charge in [-0.2, -0.15) is 0 Å². The molecule has 2 rings (SSSR count). The highest BCUT2D eigenvalue weighted by atomic mass is 19.1. The summed E-state index contributed by atoms with van der Waals surface area (Å²) in [4.78, 5) is 0. The van der Waals surface area contributed by atoms with Crippen molar-refractivity contribution in [2.75, 3.05) is 0 Å². The van der Waals surface area contributed by atoms with Crippen LogP contribution in [0.1, 0.15) is 23.6 Å². The molecule has 0 aromatic heterocycles. The molecule has 1 atom stereocenters. The highest BCUT2D eigenvalue weighted by Crippen LogP contribution is 2.31. The van der Waals surface area contributed by atoms with Gasteiger partial charge in [-0.15, -0.1) is 0 Å². The van der Waals surface area contributed by atoms with E-state index in [0.717, 1.165) is 23.8 Å². The molecule has 1 unspecified atom stereocenters. The van der Waals surface area contributed by atoms with E-state index in [1.165, 1.54) is 6.92 Å². The number of rotatable bonds is 2. The van der Waals surface area contributed by atoms with E-state index in [1.807, 2.05) is 19.1 Å². The summed E-state index contributed by atoms with van der Waals surface area (Å²) >= 11 is 0. The molecular weight excluding hydrogens is 234 g/mol. The molecule has 0 amide bonds. The van der Waals surface area contributed by atoms with Gasteiger partial charge in [0.1, 0.15) is 17.2 Å².